The van der Waals surface area contributed by atoms with Crippen LogP contribution in [0.3, 0.4) is 0 Å². The predicted molar refractivity (Wildman–Crippen MR) is 80.1 cm³/mol. The van der Waals surface area contributed by atoms with Crippen molar-refractivity contribution < 1.29 is 25.5 Å². The van der Waals surface area contributed by atoms with Gasteiger partial charge in [0.15, 0.2) is 0 Å². The molecule has 128 valence electrons. The number of aliphatic hydroxyl groups is 5. The highest BCUT2D eigenvalue weighted by Gasteiger charge is 1.91. The summed E-state index contributed by atoms with van der Waals surface area (Å²) in [5.74, 6) is 0. The third-order valence-corrected chi connectivity index (χ3v) is 1.35. The van der Waals surface area contributed by atoms with Crippen LogP contribution in [-0.4, -0.2) is 103 Å². The Morgan fingerprint density at radius 1 is 0.600 bits per heavy atom. The van der Waals surface area contributed by atoms with Gasteiger partial charge in [0, 0.05) is 32.7 Å². The fraction of sp³-hybridized carbons (Fsp3) is 1.00. The van der Waals surface area contributed by atoms with Gasteiger partial charge in [0.25, 0.3) is 0 Å². The zero-order chi connectivity index (χ0) is 16.6. The molecular formula is C11H34N4O5. The average Bonchev–Trinajstić information content (AvgIpc) is 2.48. The monoisotopic (exact) mass is 302 g/mol. The molecule has 20 heavy (non-hydrogen) atoms. The van der Waals surface area contributed by atoms with E-state index in [1.807, 2.05) is 11.9 Å². The molecule has 0 aromatic rings. The Balaban J connectivity index is -0.0000000917. The topological polar surface area (TPSA) is 182 Å². The van der Waals surface area contributed by atoms with Crippen LogP contribution in [0.15, 0.2) is 0 Å². The average molecular weight is 302 g/mol. The molecule has 0 atom stereocenters. The molecule has 0 spiro atoms. The summed E-state index contributed by atoms with van der Waals surface area (Å²) in [6.45, 7) is 3.02. The maximum atomic E-state index is 8.34. The van der Waals surface area contributed by atoms with E-state index in [1.165, 1.54) is 0 Å². The summed E-state index contributed by atoms with van der Waals surface area (Å²) >= 11 is 0. The minimum atomic E-state index is 0.0972. The van der Waals surface area contributed by atoms with Gasteiger partial charge in [-0.3, -0.25) is 0 Å². The molecule has 11 N–H and O–H groups in total. The maximum absolute atomic E-state index is 8.34. The molecule has 0 aliphatic heterocycles. The Bertz CT molecular complexity index is 103. The van der Waals surface area contributed by atoms with E-state index >= 15 is 0 Å². The van der Waals surface area contributed by atoms with Gasteiger partial charge in [-0.2, -0.15) is 0 Å². The zero-order valence-corrected chi connectivity index (χ0v) is 12.5. The van der Waals surface area contributed by atoms with Crippen LogP contribution in [0.2, 0.25) is 0 Å². The molecule has 9 nitrogen and oxygen atoms in total. The maximum Gasteiger partial charge on any atom is 0.0558 e. The normalized spacial score (nSPS) is 8.70. The highest BCUT2D eigenvalue weighted by molar-refractivity contribution is 4.45. The molecule has 0 fully saturated rings. The van der Waals surface area contributed by atoms with Crippen molar-refractivity contribution in [2.24, 2.45) is 17.2 Å². The molecule has 0 aliphatic carbocycles. The third-order valence-electron chi connectivity index (χ3n) is 1.35. The molecule has 0 rings (SSSR count). The van der Waals surface area contributed by atoms with Crippen molar-refractivity contribution in [3.05, 3.63) is 0 Å². The highest BCUT2D eigenvalue weighted by Crippen LogP contribution is 1.76. The second-order valence-corrected chi connectivity index (χ2v) is 3.29. The SMILES string of the molecule is CN(CCO)CCO.NCCO.NCCO.NCCO. The van der Waals surface area contributed by atoms with Crippen LogP contribution in [0.25, 0.3) is 0 Å². The summed E-state index contributed by atoms with van der Waals surface area (Å²) < 4.78 is 0. The quantitative estimate of drug-likeness (QED) is 0.230. The molecule has 0 saturated heterocycles. The number of hydrogen-bond donors (Lipinski definition) is 8. The highest BCUT2D eigenvalue weighted by atomic mass is 16.3. The first kappa shape index (κ1) is 27.9. The first-order valence-electron chi connectivity index (χ1n) is 6.39. The number of hydrogen-bond acceptors (Lipinski definition) is 9. The molecule has 0 heterocycles. The molecule has 0 unspecified atom stereocenters. The van der Waals surface area contributed by atoms with Gasteiger partial charge in [0.05, 0.1) is 33.0 Å². The summed E-state index contributed by atoms with van der Waals surface area (Å²) in [5.41, 5.74) is 14.3. The fourth-order valence-corrected chi connectivity index (χ4v) is 0.453. The van der Waals surface area contributed by atoms with Gasteiger partial charge in [-0.15, -0.1) is 0 Å². The number of nitrogens with zero attached hydrogens (tertiary/aromatic N) is 1. The van der Waals surface area contributed by atoms with E-state index in [1.54, 1.807) is 0 Å². The second-order valence-electron chi connectivity index (χ2n) is 3.29. The molecule has 0 radical (unpaired) electrons. The Morgan fingerprint density at radius 3 is 0.900 bits per heavy atom. The van der Waals surface area contributed by atoms with Crippen molar-refractivity contribution in [1.29, 1.82) is 0 Å². The van der Waals surface area contributed by atoms with Crippen LogP contribution < -0.4 is 17.2 Å². The van der Waals surface area contributed by atoms with Gasteiger partial charge in [-0.25, -0.2) is 0 Å². The molecule has 0 bridgehead atoms. The van der Waals surface area contributed by atoms with Crippen molar-refractivity contribution in [2.45, 2.75) is 0 Å². The number of aliphatic hydroxyl groups excluding tert-OH is 5. The third kappa shape index (κ3) is 65.4. The van der Waals surface area contributed by atoms with E-state index in [4.69, 9.17) is 42.7 Å². The first-order valence-corrected chi connectivity index (χ1v) is 6.39. The summed E-state index contributed by atoms with van der Waals surface area (Å²) in [6.07, 6.45) is 0. The van der Waals surface area contributed by atoms with Gasteiger partial charge < -0.3 is 47.6 Å². The Kier molecular flexibility index (Phi) is 50.6. The van der Waals surface area contributed by atoms with Gasteiger partial charge in [0.1, 0.15) is 0 Å². The molecule has 0 saturated carbocycles. The number of nitrogens with two attached hydrogens (primary N) is 3. The van der Waals surface area contributed by atoms with Crippen molar-refractivity contribution in [3.8, 4) is 0 Å². The smallest absolute Gasteiger partial charge is 0.0558 e. The van der Waals surface area contributed by atoms with Crippen molar-refractivity contribution >= 4 is 0 Å². The molecule has 0 aliphatic rings. The standard InChI is InChI=1S/C5H13NO2.3C2H7NO/c1-6(2-4-7)3-5-8;3*3-1-2-4/h7-8H,2-5H2,1H3;3*4H,1-3H2. The van der Waals surface area contributed by atoms with Gasteiger partial charge in [-0.1, -0.05) is 0 Å². The van der Waals surface area contributed by atoms with Crippen LogP contribution in [0, 0.1) is 0 Å². The van der Waals surface area contributed by atoms with Crippen LogP contribution in [0.5, 0.6) is 0 Å². The van der Waals surface area contributed by atoms with E-state index < -0.39 is 0 Å². The van der Waals surface area contributed by atoms with Crippen LogP contribution in [0.1, 0.15) is 0 Å². The lowest BCUT2D eigenvalue weighted by Crippen LogP contribution is -2.25. The van der Waals surface area contributed by atoms with E-state index in [2.05, 4.69) is 0 Å². The molecule has 0 aromatic carbocycles. The van der Waals surface area contributed by atoms with Crippen molar-refractivity contribution in [1.82, 2.24) is 4.90 Å². The lowest BCUT2D eigenvalue weighted by molar-refractivity contribution is 0.184. The van der Waals surface area contributed by atoms with Gasteiger partial charge >= 0.3 is 0 Å². The Hall–Kier alpha value is -0.360. The first-order chi connectivity index (χ1) is 9.55. The molecule has 0 amide bonds. The Labute approximate surface area is 121 Å². The second kappa shape index (κ2) is 36.3. The minimum absolute atomic E-state index is 0.0972. The minimum Gasteiger partial charge on any atom is -0.395 e. The summed E-state index contributed by atoms with van der Waals surface area (Å²) in [7, 11) is 1.85. The van der Waals surface area contributed by atoms with E-state index in [-0.39, 0.29) is 33.0 Å². The number of likely N-dealkylation sites (N-methyl/N-ethyl adjacent to an activating group) is 1. The largest absolute Gasteiger partial charge is 0.395 e. The fourth-order valence-electron chi connectivity index (χ4n) is 0.453. The van der Waals surface area contributed by atoms with Crippen LogP contribution in [-0.2, 0) is 0 Å². The van der Waals surface area contributed by atoms with E-state index in [0.717, 1.165) is 0 Å². The zero-order valence-electron chi connectivity index (χ0n) is 12.5. The van der Waals surface area contributed by atoms with E-state index in [9.17, 15) is 0 Å². The Morgan fingerprint density at radius 2 is 0.800 bits per heavy atom. The lowest BCUT2D eigenvalue weighted by atomic mass is 10.5. The molecule has 0 aromatic heterocycles. The van der Waals surface area contributed by atoms with Gasteiger partial charge in [-0.05, 0) is 7.05 Å². The summed E-state index contributed by atoms with van der Waals surface area (Å²) in [4.78, 5) is 1.86. The van der Waals surface area contributed by atoms with Crippen LogP contribution >= 0.6 is 0 Å². The predicted octanol–water partition coefficient (Wildman–Crippen LogP) is -4.28. The van der Waals surface area contributed by atoms with Gasteiger partial charge in [0.2, 0.25) is 0 Å². The molecular weight excluding hydrogens is 268 g/mol. The van der Waals surface area contributed by atoms with E-state index in [0.29, 0.717) is 32.7 Å². The summed E-state index contributed by atoms with van der Waals surface area (Å²) in [6, 6.07) is 0. The van der Waals surface area contributed by atoms with Crippen LogP contribution in [0.4, 0.5) is 0 Å². The number of rotatable bonds is 7. The van der Waals surface area contributed by atoms with Crippen molar-refractivity contribution in [2.75, 3.05) is 72.8 Å². The van der Waals surface area contributed by atoms with Crippen molar-refractivity contribution in [3.63, 3.8) is 0 Å². The molecule has 9 heteroatoms. The summed E-state index contributed by atoms with van der Waals surface area (Å²) in [5, 5.41) is 39.9. The lowest BCUT2D eigenvalue weighted by Gasteiger charge is -2.11.